The van der Waals surface area contributed by atoms with Crippen molar-refractivity contribution in [2.75, 3.05) is 19.6 Å². The van der Waals surface area contributed by atoms with E-state index >= 15 is 0 Å². The van der Waals surface area contributed by atoms with Gasteiger partial charge in [-0.1, -0.05) is 37.3 Å². The molecule has 1 heterocycles. The van der Waals surface area contributed by atoms with E-state index in [9.17, 15) is 9.59 Å². The minimum absolute atomic E-state index is 0.0356. The van der Waals surface area contributed by atoms with E-state index in [-0.39, 0.29) is 23.8 Å². The zero-order chi connectivity index (χ0) is 16.7. The van der Waals surface area contributed by atoms with Crippen molar-refractivity contribution in [1.29, 1.82) is 0 Å². The van der Waals surface area contributed by atoms with Gasteiger partial charge in [0.25, 0.3) is 0 Å². The molecule has 5 nitrogen and oxygen atoms in total. The maximum Gasteiger partial charge on any atom is 0.224 e. The van der Waals surface area contributed by atoms with Gasteiger partial charge >= 0.3 is 0 Å². The average Bonchev–Trinajstić information content (AvgIpc) is 2.60. The Morgan fingerprint density at radius 3 is 2.52 bits per heavy atom. The second-order valence-electron chi connectivity index (χ2n) is 6.17. The number of benzene rings is 1. The molecule has 0 aliphatic carbocycles. The van der Waals surface area contributed by atoms with Crippen molar-refractivity contribution in [3.8, 4) is 0 Å². The summed E-state index contributed by atoms with van der Waals surface area (Å²) < 4.78 is 0. The molecule has 23 heavy (non-hydrogen) atoms. The highest BCUT2D eigenvalue weighted by atomic mass is 16.2. The minimum atomic E-state index is -0.269. The molecule has 0 bridgehead atoms. The number of carbonyl (C=O) groups is 2. The molecule has 3 N–H and O–H groups in total. The molecule has 2 rings (SSSR count). The van der Waals surface area contributed by atoms with Crippen molar-refractivity contribution in [3.63, 3.8) is 0 Å². The van der Waals surface area contributed by atoms with E-state index in [0.29, 0.717) is 19.5 Å². The Labute approximate surface area is 138 Å². The highest BCUT2D eigenvalue weighted by molar-refractivity contribution is 5.80. The van der Waals surface area contributed by atoms with Gasteiger partial charge in [0.1, 0.15) is 0 Å². The molecule has 1 atom stereocenters. The molecule has 5 heteroatoms. The molecule has 1 saturated heterocycles. The minimum Gasteiger partial charge on any atom is -0.356 e. The first-order valence-electron chi connectivity index (χ1n) is 8.47. The van der Waals surface area contributed by atoms with E-state index in [1.165, 1.54) is 0 Å². The topological polar surface area (TPSA) is 75.4 Å². The molecule has 0 aromatic heterocycles. The Balaban J connectivity index is 1.78. The van der Waals surface area contributed by atoms with Crippen LogP contribution in [0.4, 0.5) is 0 Å². The number of likely N-dealkylation sites (tertiary alicyclic amines) is 1. The zero-order valence-electron chi connectivity index (χ0n) is 13.8. The molecule has 1 aromatic rings. The Morgan fingerprint density at radius 1 is 1.26 bits per heavy atom. The third-order valence-corrected chi connectivity index (χ3v) is 4.39. The standard InChI is InChI=1S/C18H27N3O2/c1-2-10-20-18(23)15-8-11-21(12-9-15)17(22)13-16(19)14-6-4-3-5-7-14/h3-7,15-16H,2,8-13,19H2,1H3,(H,20,23). The van der Waals surface area contributed by atoms with Crippen LogP contribution in [0, 0.1) is 5.92 Å². The van der Waals surface area contributed by atoms with Gasteiger partial charge in [0, 0.05) is 38.0 Å². The van der Waals surface area contributed by atoms with Crippen molar-refractivity contribution < 1.29 is 9.59 Å². The highest BCUT2D eigenvalue weighted by Gasteiger charge is 2.27. The predicted molar refractivity (Wildman–Crippen MR) is 90.6 cm³/mol. The van der Waals surface area contributed by atoms with Crippen LogP contribution < -0.4 is 11.1 Å². The monoisotopic (exact) mass is 317 g/mol. The Hall–Kier alpha value is -1.88. The summed E-state index contributed by atoms with van der Waals surface area (Å²) in [7, 11) is 0. The number of rotatable bonds is 6. The first-order chi connectivity index (χ1) is 11.1. The maximum absolute atomic E-state index is 12.4. The fourth-order valence-electron chi connectivity index (χ4n) is 2.92. The maximum atomic E-state index is 12.4. The Bertz CT molecular complexity index is 510. The van der Waals surface area contributed by atoms with E-state index < -0.39 is 0 Å². The van der Waals surface area contributed by atoms with Crippen molar-refractivity contribution >= 4 is 11.8 Å². The second-order valence-corrected chi connectivity index (χ2v) is 6.17. The van der Waals surface area contributed by atoms with Gasteiger partial charge in [-0.3, -0.25) is 9.59 Å². The number of piperidine rings is 1. The first kappa shape index (κ1) is 17.5. The summed E-state index contributed by atoms with van der Waals surface area (Å²) >= 11 is 0. The lowest BCUT2D eigenvalue weighted by atomic mass is 9.95. The molecule has 1 aliphatic rings. The Morgan fingerprint density at radius 2 is 1.91 bits per heavy atom. The lowest BCUT2D eigenvalue weighted by molar-refractivity contribution is -0.135. The summed E-state index contributed by atoms with van der Waals surface area (Å²) in [4.78, 5) is 26.2. The van der Waals surface area contributed by atoms with E-state index in [4.69, 9.17) is 5.73 Å². The number of nitrogens with two attached hydrogens (primary N) is 1. The first-order valence-corrected chi connectivity index (χ1v) is 8.47. The number of amides is 2. The van der Waals surface area contributed by atoms with Crippen LogP contribution in [0.15, 0.2) is 30.3 Å². The predicted octanol–water partition coefficient (Wildman–Crippen LogP) is 1.84. The number of carbonyl (C=O) groups excluding carboxylic acids is 2. The van der Waals surface area contributed by atoms with E-state index in [2.05, 4.69) is 5.32 Å². The molecule has 1 fully saturated rings. The molecule has 2 amide bonds. The molecular weight excluding hydrogens is 290 g/mol. The molecule has 0 saturated carbocycles. The molecule has 0 radical (unpaired) electrons. The van der Waals surface area contributed by atoms with Gasteiger partial charge in [-0.25, -0.2) is 0 Å². The van der Waals surface area contributed by atoms with E-state index in [1.807, 2.05) is 42.2 Å². The summed E-state index contributed by atoms with van der Waals surface area (Å²) in [5, 5.41) is 2.94. The molecule has 0 spiro atoms. The summed E-state index contributed by atoms with van der Waals surface area (Å²) in [5.41, 5.74) is 7.10. The van der Waals surface area contributed by atoms with Crippen LogP contribution in [0.25, 0.3) is 0 Å². The van der Waals surface area contributed by atoms with Crippen molar-refractivity contribution in [1.82, 2.24) is 10.2 Å². The van der Waals surface area contributed by atoms with Gasteiger partial charge in [0.15, 0.2) is 0 Å². The van der Waals surface area contributed by atoms with Crippen LogP contribution in [0.5, 0.6) is 0 Å². The smallest absolute Gasteiger partial charge is 0.224 e. The SMILES string of the molecule is CCCNC(=O)C1CCN(C(=O)CC(N)c2ccccc2)CC1. The number of nitrogens with one attached hydrogen (secondary N) is 1. The molecular formula is C18H27N3O2. The molecule has 126 valence electrons. The van der Waals surface area contributed by atoms with Gasteiger partial charge in [-0.2, -0.15) is 0 Å². The van der Waals surface area contributed by atoms with E-state index in [0.717, 1.165) is 31.4 Å². The highest BCUT2D eigenvalue weighted by Crippen LogP contribution is 2.20. The van der Waals surface area contributed by atoms with Crippen LogP contribution in [-0.2, 0) is 9.59 Å². The molecule has 1 unspecified atom stereocenters. The van der Waals surface area contributed by atoms with E-state index in [1.54, 1.807) is 0 Å². The normalized spacial score (nSPS) is 16.9. The summed E-state index contributed by atoms with van der Waals surface area (Å²) in [6.45, 7) is 4.05. The van der Waals surface area contributed by atoms with Crippen LogP contribution >= 0.6 is 0 Å². The fourth-order valence-corrected chi connectivity index (χ4v) is 2.92. The van der Waals surface area contributed by atoms with Gasteiger partial charge < -0.3 is 16.0 Å². The van der Waals surface area contributed by atoms with Crippen LogP contribution in [0.1, 0.15) is 44.2 Å². The summed E-state index contributed by atoms with van der Waals surface area (Å²) in [5.74, 6) is 0.238. The largest absolute Gasteiger partial charge is 0.356 e. The van der Waals surface area contributed by atoms with Crippen molar-refractivity contribution in [2.24, 2.45) is 11.7 Å². The lowest BCUT2D eigenvalue weighted by Gasteiger charge is -2.32. The van der Waals surface area contributed by atoms with Gasteiger partial charge in [0.2, 0.25) is 11.8 Å². The number of nitrogens with zero attached hydrogens (tertiary/aromatic N) is 1. The fraction of sp³-hybridized carbons (Fsp3) is 0.556. The van der Waals surface area contributed by atoms with Crippen LogP contribution in [-0.4, -0.2) is 36.3 Å². The average molecular weight is 317 g/mol. The third kappa shape index (κ3) is 5.06. The second kappa shape index (κ2) is 8.67. The van der Waals surface area contributed by atoms with Gasteiger partial charge in [0.05, 0.1) is 0 Å². The van der Waals surface area contributed by atoms with Crippen molar-refractivity contribution in [2.45, 2.75) is 38.6 Å². The number of hydrogen-bond donors (Lipinski definition) is 2. The number of hydrogen-bond acceptors (Lipinski definition) is 3. The third-order valence-electron chi connectivity index (χ3n) is 4.39. The zero-order valence-corrected chi connectivity index (χ0v) is 13.8. The quantitative estimate of drug-likeness (QED) is 0.840. The lowest BCUT2D eigenvalue weighted by Crippen LogP contribution is -2.43. The summed E-state index contributed by atoms with van der Waals surface area (Å²) in [6, 6.07) is 9.42. The summed E-state index contributed by atoms with van der Waals surface area (Å²) in [6.07, 6.45) is 2.74. The molecule has 1 aromatic carbocycles. The van der Waals surface area contributed by atoms with Gasteiger partial charge in [-0.15, -0.1) is 0 Å². The van der Waals surface area contributed by atoms with Crippen LogP contribution in [0.3, 0.4) is 0 Å². The Kier molecular flexibility index (Phi) is 6.59. The van der Waals surface area contributed by atoms with Crippen molar-refractivity contribution in [3.05, 3.63) is 35.9 Å². The van der Waals surface area contributed by atoms with Crippen LogP contribution in [0.2, 0.25) is 0 Å². The van der Waals surface area contributed by atoms with Gasteiger partial charge in [-0.05, 0) is 24.8 Å². The molecule has 1 aliphatic heterocycles.